The lowest BCUT2D eigenvalue weighted by Gasteiger charge is -2.31. The molecule has 1 atom stereocenters. The number of nitrogens with zero attached hydrogens (tertiary/aromatic N) is 4. The third-order valence-electron chi connectivity index (χ3n) is 6.17. The second-order valence-corrected chi connectivity index (χ2v) is 9.30. The summed E-state index contributed by atoms with van der Waals surface area (Å²) < 4.78 is 11.6. The van der Waals surface area contributed by atoms with Crippen LogP contribution in [0.1, 0.15) is 52.0 Å². The summed E-state index contributed by atoms with van der Waals surface area (Å²) in [5.74, 6) is 2.41. The van der Waals surface area contributed by atoms with Crippen molar-refractivity contribution in [3.63, 3.8) is 0 Å². The summed E-state index contributed by atoms with van der Waals surface area (Å²) in [6.45, 7) is 3.27. The first-order valence-corrected chi connectivity index (χ1v) is 12.2. The number of amides is 1. The van der Waals surface area contributed by atoms with Crippen LogP contribution < -0.4 is 4.74 Å². The minimum Gasteiger partial charge on any atom is -0.496 e. The van der Waals surface area contributed by atoms with Crippen LogP contribution in [0, 0.1) is 6.92 Å². The van der Waals surface area contributed by atoms with E-state index in [0.717, 1.165) is 52.7 Å². The highest BCUT2D eigenvalue weighted by atomic mass is 32.1. The molecule has 0 saturated carbocycles. The first-order valence-electron chi connectivity index (χ1n) is 11.3. The average Bonchev–Trinajstić information content (AvgIpc) is 3.53. The molecule has 1 unspecified atom stereocenters. The Kier molecular flexibility index (Phi) is 6.40. The SMILES string of the molecule is COc1ccccc1Cc1cnc(C2CCCN(C(=O)c3ccnc(-c4scnc4C)c3)C2)o1. The number of hydrogen-bond acceptors (Lipinski definition) is 7. The van der Waals surface area contributed by atoms with Crippen molar-refractivity contribution >= 4 is 17.2 Å². The van der Waals surface area contributed by atoms with Crippen LogP contribution in [0.25, 0.3) is 10.6 Å². The lowest BCUT2D eigenvalue weighted by atomic mass is 9.97. The van der Waals surface area contributed by atoms with Crippen LogP contribution >= 0.6 is 11.3 Å². The molecular weight excluding hydrogens is 448 g/mol. The van der Waals surface area contributed by atoms with Gasteiger partial charge in [-0.15, -0.1) is 11.3 Å². The molecular formula is C26H26N4O3S. The molecule has 3 aromatic heterocycles. The van der Waals surface area contributed by atoms with Gasteiger partial charge in [0.1, 0.15) is 11.5 Å². The third kappa shape index (κ3) is 4.59. The Balaban J connectivity index is 1.29. The van der Waals surface area contributed by atoms with E-state index in [1.54, 1.807) is 31.1 Å². The van der Waals surface area contributed by atoms with Gasteiger partial charge in [-0.05, 0) is 38.0 Å². The first kappa shape index (κ1) is 22.3. The number of benzene rings is 1. The summed E-state index contributed by atoms with van der Waals surface area (Å²) in [5.41, 5.74) is 5.20. The Morgan fingerprint density at radius 3 is 2.94 bits per heavy atom. The maximum Gasteiger partial charge on any atom is 0.254 e. The molecule has 4 aromatic rings. The summed E-state index contributed by atoms with van der Waals surface area (Å²) in [4.78, 5) is 29.5. The van der Waals surface area contributed by atoms with E-state index in [9.17, 15) is 4.79 Å². The zero-order valence-corrected chi connectivity index (χ0v) is 20.0. The number of thiazole rings is 1. The highest BCUT2D eigenvalue weighted by Crippen LogP contribution is 2.30. The van der Waals surface area contributed by atoms with E-state index in [1.807, 2.05) is 42.2 Å². The number of hydrogen-bond donors (Lipinski definition) is 0. The van der Waals surface area contributed by atoms with Gasteiger partial charge < -0.3 is 14.1 Å². The Bertz CT molecular complexity index is 1300. The van der Waals surface area contributed by atoms with Crippen LogP contribution in [-0.2, 0) is 6.42 Å². The molecule has 0 N–H and O–H groups in total. The van der Waals surface area contributed by atoms with Crippen LogP contribution in [0.15, 0.2) is 58.7 Å². The van der Waals surface area contributed by atoms with Crippen molar-refractivity contribution < 1.29 is 13.9 Å². The van der Waals surface area contributed by atoms with Crippen molar-refractivity contribution in [2.75, 3.05) is 20.2 Å². The van der Waals surface area contributed by atoms with Gasteiger partial charge in [0, 0.05) is 36.8 Å². The fraction of sp³-hybridized carbons (Fsp3) is 0.308. The van der Waals surface area contributed by atoms with E-state index >= 15 is 0 Å². The summed E-state index contributed by atoms with van der Waals surface area (Å²) >= 11 is 1.53. The second kappa shape index (κ2) is 9.77. The fourth-order valence-corrected chi connectivity index (χ4v) is 5.18. The second-order valence-electron chi connectivity index (χ2n) is 8.44. The highest BCUT2D eigenvalue weighted by molar-refractivity contribution is 7.13. The van der Waals surface area contributed by atoms with Gasteiger partial charge in [-0.25, -0.2) is 9.97 Å². The van der Waals surface area contributed by atoms with Gasteiger partial charge in [0.25, 0.3) is 5.91 Å². The quantitative estimate of drug-likeness (QED) is 0.386. The molecule has 0 radical (unpaired) electrons. The lowest BCUT2D eigenvalue weighted by molar-refractivity contribution is 0.0698. The molecule has 8 heteroatoms. The monoisotopic (exact) mass is 474 g/mol. The normalized spacial score (nSPS) is 15.9. The molecule has 0 spiro atoms. The molecule has 4 heterocycles. The Hall–Kier alpha value is -3.52. The number of aromatic nitrogens is 3. The molecule has 0 bridgehead atoms. The largest absolute Gasteiger partial charge is 0.496 e. The number of carbonyl (C=O) groups is 1. The average molecular weight is 475 g/mol. The van der Waals surface area contributed by atoms with Gasteiger partial charge in [-0.1, -0.05) is 18.2 Å². The van der Waals surface area contributed by atoms with E-state index in [-0.39, 0.29) is 11.8 Å². The van der Waals surface area contributed by atoms with E-state index in [1.165, 1.54) is 11.3 Å². The topological polar surface area (TPSA) is 81.4 Å². The van der Waals surface area contributed by atoms with E-state index in [2.05, 4.69) is 15.0 Å². The Morgan fingerprint density at radius 2 is 2.12 bits per heavy atom. The molecule has 1 amide bonds. The zero-order valence-electron chi connectivity index (χ0n) is 19.2. The standard InChI is InChI=1S/C26H26N4O3S/c1-17-24(34-16-29-17)22-13-19(9-10-27-22)26(31)30-11-5-7-20(15-30)25-28-14-21(33-25)12-18-6-3-4-8-23(18)32-2/h3-4,6,8-10,13-14,16,20H,5,7,11-12,15H2,1-2H3. The fourth-order valence-electron chi connectivity index (χ4n) is 4.41. The molecule has 174 valence electrons. The van der Waals surface area contributed by atoms with E-state index in [0.29, 0.717) is 24.4 Å². The molecule has 5 rings (SSSR count). The van der Waals surface area contributed by atoms with Gasteiger partial charge in [0.2, 0.25) is 0 Å². The van der Waals surface area contributed by atoms with Crippen LogP contribution in [-0.4, -0.2) is 46.0 Å². The minimum absolute atomic E-state index is 0.0105. The van der Waals surface area contributed by atoms with E-state index in [4.69, 9.17) is 9.15 Å². The molecule has 1 aromatic carbocycles. The molecule has 34 heavy (non-hydrogen) atoms. The number of piperidine rings is 1. The molecule has 0 aliphatic carbocycles. The van der Waals surface area contributed by atoms with Crippen LogP contribution in [0.5, 0.6) is 5.75 Å². The maximum absolute atomic E-state index is 13.3. The minimum atomic E-state index is 0.0105. The third-order valence-corrected chi connectivity index (χ3v) is 7.12. The van der Waals surface area contributed by atoms with Crippen molar-refractivity contribution in [1.29, 1.82) is 0 Å². The molecule has 1 fully saturated rings. The summed E-state index contributed by atoms with van der Waals surface area (Å²) in [6, 6.07) is 11.6. The van der Waals surface area contributed by atoms with Crippen molar-refractivity contribution in [2.45, 2.75) is 32.1 Å². The number of para-hydroxylation sites is 1. The summed E-state index contributed by atoms with van der Waals surface area (Å²) in [5, 5.41) is 0. The molecule has 7 nitrogen and oxygen atoms in total. The zero-order chi connectivity index (χ0) is 23.5. The van der Waals surface area contributed by atoms with Gasteiger partial charge in [-0.2, -0.15) is 0 Å². The predicted octanol–water partition coefficient (Wildman–Crippen LogP) is 5.12. The number of aryl methyl sites for hydroxylation is 1. The molecule has 1 aliphatic heterocycles. The highest BCUT2D eigenvalue weighted by Gasteiger charge is 2.29. The number of methoxy groups -OCH3 is 1. The Morgan fingerprint density at radius 1 is 1.24 bits per heavy atom. The van der Waals surface area contributed by atoms with Gasteiger partial charge >= 0.3 is 0 Å². The number of rotatable bonds is 6. The predicted molar refractivity (Wildman–Crippen MR) is 130 cm³/mol. The van der Waals surface area contributed by atoms with E-state index < -0.39 is 0 Å². The number of oxazole rings is 1. The first-order chi connectivity index (χ1) is 16.6. The molecule has 1 aliphatic rings. The smallest absolute Gasteiger partial charge is 0.254 e. The van der Waals surface area contributed by atoms with Gasteiger partial charge in [-0.3, -0.25) is 9.78 Å². The summed E-state index contributed by atoms with van der Waals surface area (Å²) in [7, 11) is 1.67. The Labute approximate surface area is 202 Å². The van der Waals surface area contributed by atoms with Crippen molar-refractivity contribution in [2.24, 2.45) is 0 Å². The van der Waals surface area contributed by atoms with Crippen molar-refractivity contribution in [3.05, 3.63) is 82.8 Å². The van der Waals surface area contributed by atoms with Crippen LogP contribution in [0.2, 0.25) is 0 Å². The molecule has 1 saturated heterocycles. The number of likely N-dealkylation sites (tertiary alicyclic amines) is 1. The van der Waals surface area contributed by atoms with Crippen molar-refractivity contribution in [3.8, 4) is 16.3 Å². The van der Waals surface area contributed by atoms with Gasteiger partial charge in [0.15, 0.2) is 5.89 Å². The van der Waals surface area contributed by atoms with Gasteiger partial charge in [0.05, 0.1) is 41.0 Å². The maximum atomic E-state index is 13.3. The number of ether oxygens (including phenoxy) is 1. The lowest BCUT2D eigenvalue weighted by Crippen LogP contribution is -2.39. The number of pyridine rings is 1. The number of carbonyl (C=O) groups excluding carboxylic acids is 1. The van der Waals surface area contributed by atoms with Crippen molar-refractivity contribution in [1.82, 2.24) is 19.9 Å². The summed E-state index contributed by atoms with van der Waals surface area (Å²) in [6.07, 6.45) is 5.95. The van der Waals surface area contributed by atoms with Crippen LogP contribution in [0.3, 0.4) is 0 Å². The van der Waals surface area contributed by atoms with Crippen LogP contribution in [0.4, 0.5) is 0 Å².